The zero-order valence-electron chi connectivity index (χ0n) is 4.50. The van der Waals surface area contributed by atoms with Crippen LogP contribution in [-0.2, 0) is 0 Å². The van der Waals surface area contributed by atoms with Gasteiger partial charge >= 0.3 is 0 Å². The monoisotopic (exact) mass is 135 g/mol. The number of terminal acetylenes is 1. The molecule has 3 heteroatoms. The molecule has 0 rings (SSSR count). The molecule has 0 aromatic rings. The number of hydrogen-bond acceptors (Lipinski definition) is 2. The summed E-state index contributed by atoms with van der Waals surface area (Å²) in [4.78, 5) is 0. The van der Waals surface area contributed by atoms with Crippen molar-refractivity contribution in [3.8, 4) is 12.3 Å². The number of hydrogen-bond donors (Lipinski definition) is 2. The first-order valence-electron chi connectivity index (χ1n) is 2.13. The van der Waals surface area contributed by atoms with E-state index in [1.165, 1.54) is 0 Å². The molecule has 1 atom stereocenters. The maximum absolute atomic E-state index is 8.59. The van der Waals surface area contributed by atoms with Crippen LogP contribution in [0.4, 0.5) is 0 Å². The largest absolute Gasteiger partial charge is 0.391 e. The molecular formula is C5H10ClNO. The molecule has 3 N–H and O–H groups in total. The van der Waals surface area contributed by atoms with Crippen LogP contribution in [0.1, 0.15) is 6.42 Å². The van der Waals surface area contributed by atoms with E-state index in [-0.39, 0.29) is 19.0 Å². The lowest BCUT2D eigenvalue weighted by Crippen LogP contribution is -2.18. The average Bonchev–Trinajstić information content (AvgIpc) is 1.68. The Bertz CT molecular complexity index is 79.0. The lowest BCUT2D eigenvalue weighted by atomic mass is 10.3. The van der Waals surface area contributed by atoms with Crippen molar-refractivity contribution in [2.75, 3.05) is 6.54 Å². The molecule has 0 bridgehead atoms. The fourth-order valence-electron chi connectivity index (χ4n) is 0.219. The second-order valence-electron chi connectivity index (χ2n) is 1.30. The van der Waals surface area contributed by atoms with Crippen LogP contribution in [0.3, 0.4) is 0 Å². The Kier molecular flexibility index (Phi) is 9.05. The maximum Gasteiger partial charge on any atom is 0.0771 e. The summed E-state index contributed by atoms with van der Waals surface area (Å²) in [5.41, 5.74) is 5.01. The highest BCUT2D eigenvalue weighted by atomic mass is 35.5. The predicted octanol–water partition coefficient (Wildman–Crippen LogP) is -0.249. The normalized spacial score (nSPS) is 11.1. The molecule has 0 aliphatic rings. The van der Waals surface area contributed by atoms with E-state index in [9.17, 15) is 0 Å². The fourth-order valence-corrected chi connectivity index (χ4v) is 0.219. The maximum atomic E-state index is 8.59. The minimum absolute atomic E-state index is 0. The van der Waals surface area contributed by atoms with Crippen molar-refractivity contribution in [1.82, 2.24) is 0 Å². The number of rotatable bonds is 2. The zero-order chi connectivity index (χ0) is 5.70. The van der Waals surface area contributed by atoms with Crippen molar-refractivity contribution in [2.45, 2.75) is 12.5 Å². The molecule has 8 heavy (non-hydrogen) atoms. The molecule has 48 valence electrons. The molecule has 2 nitrogen and oxygen atoms in total. The van der Waals surface area contributed by atoms with E-state index in [4.69, 9.17) is 17.3 Å². The summed E-state index contributed by atoms with van der Waals surface area (Å²) in [7, 11) is 0. The lowest BCUT2D eigenvalue weighted by Gasteiger charge is -1.98. The molecule has 0 heterocycles. The second-order valence-corrected chi connectivity index (χ2v) is 1.30. The molecule has 0 fully saturated rings. The topological polar surface area (TPSA) is 46.2 Å². The summed E-state index contributed by atoms with van der Waals surface area (Å²) in [6.07, 6.45) is 4.69. The molecule has 0 aliphatic carbocycles. The Hall–Kier alpha value is -0.230. The highest BCUT2D eigenvalue weighted by molar-refractivity contribution is 5.85. The van der Waals surface area contributed by atoms with Crippen molar-refractivity contribution in [1.29, 1.82) is 0 Å². The van der Waals surface area contributed by atoms with Gasteiger partial charge < -0.3 is 10.8 Å². The third-order valence-electron chi connectivity index (χ3n) is 0.626. The molecular weight excluding hydrogens is 126 g/mol. The van der Waals surface area contributed by atoms with Crippen LogP contribution in [-0.4, -0.2) is 17.8 Å². The van der Waals surface area contributed by atoms with Crippen LogP contribution in [0.15, 0.2) is 0 Å². The van der Waals surface area contributed by atoms with Crippen LogP contribution in [0.5, 0.6) is 0 Å². The van der Waals surface area contributed by atoms with Gasteiger partial charge in [0.25, 0.3) is 0 Å². The van der Waals surface area contributed by atoms with Crippen molar-refractivity contribution in [2.24, 2.45) is 5.73 Å². The van der Waals surface area contributed by atoms with Gasteiger partial charge in [0.2, 0.25) is 0 Å². The number of halogens is 1. The van der Waals surface area contributed by atoms with Crippen LogP contribution in [0, 0.1) is 12.3 Å². The van der Waals surface area contributed by atoms with Gasteiger partial charge in [-0.1, -0.05) is 0 Å². The van der Waals surface area contributed by atoms with Crippen molar-refractivity contribution < 1.29 is 5.11 Å². The molecule has 0 unspecified atom stereocenters. The SMILES string of the molecule is C#CC[C@@H](O)CN.Cl. The second kappa shape index (κ2) is 6.77. The molecule has 0 saturated heterocycles. The van der Waals surface area contributed by atoms with E-state index >= 15 is 0 Å². The summed E-state index contributed by atoms with van der Waals surface area (Å²) in [5.74, 6) is 2.29. The van der Waals surface area contributed by atoms with Gasteiger partial charge in [-0.15, -0.1) is 24.8 Å². The smallest absolute Gasteiger partial charge is 0.0771 e. The van der Waals surface area contributed by atoms with Gasteiger partial charge in [0, 0.05) is 13.0 Å². The Morgan fingerprint density at radius 3 is 2.38 bits per heavy atom. The highest BCUT2D eigenvalue weighted by Crippen LogP contribution is 1.82. The van der Waals surface area contributed by atoms with Gasteiger partial charge in [-0.2, -0.15) is 0 Å². The molecule has 0 aromatic carbocycles. The van der Waals surface area contributed by atoms with E-state index in [1.54, 1.807) is 0 Å². The standard InChI is InChI=1S/C5H9NO.ClH/c1-2-3-5(7)4-6;/h1,5,7H,3-4,6H2;1H/t5-;/m1./s1. The Morgan fingerprint density at radius 2 is 2.25 bits per heavy atom. The van der Waals surface area contributed by atoms with Crippen LogP contribution >= 0.6 is 12.4 Å². The number of aliphatic hydroxyl groups is 1. The van der Waals surface area contributed by atoms with Crippen molar-refractivity contribution in [3.63, 3.8) is 0 Å². The van der Waals surface area contributed by atoms with Gasteiger partial charge in [-0.3, -0.25) is 0 Å². The fraction of sp³-hybridized carbons (Fsp3) is 0.600. The van der Waals surface area contributed by atoms with E-state index in [0.717, 1.165) is 0 Å². The molecule has 0 spiro atoms. The van der Waals surface area contributed by atoms with Crippen molar-refractivity contribution in [3.05, 3.63) is 0 Å². The third kappa shape index (κ3) is 5.77. The first kappa shape index (κ1) is 10.7. The molecule has 0 radical (unpaired) electrons. The van der Waals surface area contributed by atoms with E-state index in [1.807, 2.05) is 0 Å². The first-order valence-corrected chi connectivity index (χ1v) is 2.13. The third-order valence-corrected chi connectivity index (χ3v) is 0.626. The Morgan fingerprint density at radius 1 is 1.75 bits per heavy atom. The predicted molar refractivity (Wildman–Crippen MR) is 35.8 cm³/mol. The number of nitrogens with two attached hydrogens (primary N) is 1. The Balaban J connectivity index is 0. The van der Waals surface area contributed by atoms with Gasteiger partial charge in [0.1, 0.15) is 0 Å². The summed E-state index contributed by atoms with van der Waals surface area (Å²) in [6, 6.07) is 0. The average molecular weight is 136 g/mol. The van der Waals surface area contributed by atoms with Crippen molar-refractivity contribution >= 4 is 12.4 Å². The molecule has 0 aliphatic heterocycles. The van der Waals surface area contributed by atoms with Gasteiger partial charge in [0.15, 0.2) is 0 Å². The summed E-state index contributed by atoms with van der Waals surface area (Å²) >= 11 is 0. The quantitative estimate of drug-likeness (QED) is 0.513. The van der Waals surface area contributed by atoms with Crippen LogP contribution in [0.25, 0.3) is 0 Å². The summed E-state index contributed by atoms with van der Waals surface area (Å²) in [6.45, 7) is 0.254. The van der Waals surface area contributed by atoms with Gasteiger partial charge in [0.05, 0.1) is 6.10 Å². The zero-order valence-corrected chi connectivity index (χ0v) is 5.32. The van der Waals surface area contributed by atoms with E-state index < -0.39 is 6.10 Å². The summed E-state index contributed by atoms with van der Waals surface area (Å²) < 4.78 is 0. The molecule has 0 aromatic heterocycles. The van der Waals surface area contributed by atoms with Gasteiger partial charge in [-0.25, -0.2) is 0 Å². The van der Waals surface area contributed by atoms with Crippen LogP contribution in [0.2, 0.25) is 0 Å². The number of aliphatic hydroxyl groups excluding tert-OH is 1. The van der Waals surface area contributed by atoms with E-state index in [0.29, 0.717) is 6.42 Å². The summed E-state index contributed by atoms with van der Waals surface area (Å²) in [5, 5.41) is 8.59. The Labute approximate surface area is 55.5 Å². The van der Waals surface area contributed by atoms with Gasteiger partial charge in [-0.05, 0) is 0 Å². The lowest BCUT2D eigenvalue weighted by molar-refractivity contribution is 0.189. The van der Waals surface area contributed by atoms with Crippen LogP contribution < -0.4 is 5.73 Å². The minimum atomic E-state index is -0.509. The minimum Gasteiger partial charge on any atom is -0.391 e. The molecule has 0 amide bonds. The highest BCUT2D eigenvalue weighted by Gasteiger charge is 1.93. The van der Waals surface area contributed by atoms with E-state index in [2.05, 4.69) is 5.92 Å². The molecule has 0 saturated carbocycles. The first-order chi connectivity index (χ1) is 3.31.